The highest BCUT2D eigenvalue weighted by atomic mass is 19.1. The molecule has 5 rings (SSSR count). The molecular formula is C29H31FN4O2. The molecule has 1 N–H and O–H groups in total. The highest BCUT2D eigenvalue weighted by Gasteiger charge is 2.36. The number of amides is 2. The average molecular weight is 487 g/mol. The molecule has 0 spiro atoms. The fourth-order valence-electron chi connectivity index (χ4n) is 5.02. The molecule has 1 unspecified atom stereocenters. The molecule has 2 aliphatic rings. The standard InChI is InChI=1S/C29H31FN4O2/c1-20(2)19-34-27(23-7-3-4-8-24(23)29(34)36)31-22-13-11-21(12-14-22)28(35)33-17-15-32(16-18-33)26-10-6-5-9-25(26)30/h3-14,20,27,31H,15-19H2,1-2H3. The molecule has 1 atom stereocenters. The van der Waals surface area contributed by atoms with E-state index < -0.39 is 0 Å². The summed E-state index contributed by atoms with van der Waals surface area (Å²) in [7, 11) is 0. The summed E-state index contributed by atoms with van der Waals surface area (Å²) in [4.78, 5) is 31.8. The van der Waals surface area contributed by atoms with E-state index in [-0.39, 0.29) is 23.8 Å². The molecule has 0 aromatic heterocycles. The van der Waals surface area contributed by atoms with E-state index in [1.165, 1.54) is 6.07 Å². The number of anilines is 2. The number of halogens is 1. The lowest BCUT2D eigenvalue weighted by Gasteiger charge is -2.36. The first-order valence-electron chi connectivity index (χ1n) is 12.5. The van der Waals surface area contributed by atoms with Gasteiger partial charge in [0.2, 0.25) is 0 Å². The van der Waals surface area contributed by atoms with Crippen LogP contribution in [0, 0.1) is 11.7 Å². The topological polar surface area (TPSA) is 55.9 Å². The summed E-state index contributed by atoms with van der Waals surface area (Å²) in [5, 5.41) is 3.50. The Hall–Kier alpha value is -3.87. The van der Waals surface area contributed by atoms with Gasteiger partial charge in [-0.2, -0.15) is 0 Å². The smallest absolute Gasteiger partial charge is 0.256 e. The first-order valence-corrected chi connectivity index (χ1v) is 12.5. The number of para-hydroxylation sites is 1. The van der Waals surface area contributed by atoms with Gasteiger partial charge in [-0.25, -0.2) is 4.39 Å². The van der Waals surface area contributed by atoms with Gasteiger partial charge in [0.05, 0.1) is 5.69 Å². The Morgan fingerprint density at radius 3 is 2.31 bits per heavy atom. The van der Waals surface area contributed by atoms with Crippen molar-refractivity contribution in [2.24, 2.45) is 5.92 Å². The number of fused-ring (bicyclic) bond motifs is 1. The van der Waals surface area contributed by atoms with Crippen molar-refractivity contribution in [2.45, 2.75) is 20.0 Å². The van der Waals surface area contributed by atoms with E-state index in [2.05, 4.69) is 19.2 Å². The second kappa shape index (κ2) is 10.0. The molecule has 3 aromatic carbocycles. The molecule has 0 radical (unpaired) electrons. The number of rotatable bonds is 6. The van der Waals surface area contributed by atoms with Crippen molar-refractivity contribution >= 4 is 23.2 Å². The van der Waals surface area contributed by atoms with Gasteiger partial charge in [0, 0.05) is 55.1 Å². The van der Waals surface area contributed by atoms with Crippen molar-refractivity contribution in [1.82, 2.24) is 9.80 Å². The molecule has 186 valence electrons. The second-order valence-corrected chi connectivity index (χ2v) is 9.79. The zero-order valence-corrected chi connectivity index (χ0v) is 20.7. The molecular weight excluding hydrogens is 455 g/mol. The van der Waals surface area contributed by atoms with E-state index in [0.717, 1.165) is 16.8 Å². The third kappa shape index (κ3) is 4.65. The first-order chi connectivity index (χ1) is 17.4. The van der Waals surface area contributed by atoms with Gasteiger partial charge in [-0.3, -0.25) is 9.59 Å². The van der Waals surface area contributed by atoms with Crippen LogP contribution in [0.4, 0.5) is 15.8 Å². The Morgan fingerprint density at radius 1 is 0.944 bits per heavy atom. The maximum absolute atomic E-state index is 14.1. The van der Waals surface area contributed by atoms with Crippen molar-refractivity contribution in [2.75, 3.05) is 42.9 Å². The van der Waals surface area contributed by atoms with Gasteiger partial charge in [-0.05, 0) is 48.4 Å². The molecule has 0 saturated carbocycles. The minimum absolute atomic E-state index is 0.0300. The van der Waals surface area contributed by atoms with E-state index in [9.17, 15) is 14.0 Å². The van der Waals surface area contributed by atoms with Crippen LogP contribution in [0.2, 0.25) is 0 Å². The van der Waals surface area contributed by atoms with Gasteiger partial charge in [-0.1, -0.05) is 44.2 Å². The van der Waals surface area contributed by atoms with Crippen LogP contribution in [0.15, 0.2) is 72.8 Å². The van der Waals surface area contributed by atoms with Crippen LogP contribution in [0.1, 0.15) is 46.3 Å². The highest BCUT2D eigenvalue weighted by Crippen LogP contribution is 2.35. The quantitative estimate of drug-likeness (QED) is 0.532. The molecule has 3 aromatic rings. The molecule has 7 heteroatoms. The summed E-state index contributed by atoms with van der Waals surface area (Å²) in [5.41, 5.74) is 3.74. The fourth-order valence-corrected chi connectivity index (χ4v) is 5.02. The predicted octanol–water partition coefficient (Wildman–Crippen LogP) is 5.01. The summed E-state index contributed by atoms with van der Waals surface area (Å²) in [6.07, 6.45) is -0.246. The number of nitrogens with zero attached hydrogens (tertiary/aromatic N) is 3. The highest BCUT2D eigenvalue weighted by molar-refractivity contribution is 5.99. The Bertz CT molecular complexity index is 1250. The van der Waals surface area contributed by atoms with Gasteiger partial charge in [-0.15, -0.1) is 0 Å². The average Bonchev–Trinajstić information content (AvgIpc) is 3.15. The minimum atomic E-state index is -0.246. The first kappa shape index (κ1) is 23.9. The normalized spacial score (nSPS) is 17.5. The lowest BCUT2D eigenvalue weighted by atomic mass is 10.1. The van der Waals surface area contributed by atoms with Gasteiger partial charge in [0.1, 0.15) is 12.0 Å². The molecule has 1 fully saturated rings. The van der Waals surface area contributed by atoms with Gasteiger partial charge in [0.15, 0.2) is 0 Å². The van der Waals surface area contributed by atoms with E-state index in [1.807, 2.05) is 69.3 Å². The van der Waals surface area contributed by atoms with Crippen molar-refractivity contribution in [3.63, 3.8) is 0 Å². The van der Waals surface area contributed by atoms with E-state index >= 15 is 0 Å². The Morgan fingerprint density at radius 2 is 1.61 bits per heavy atom. The summed E-state index contributed by atoms with van der Waals surface area (Å²) in [6, 6.07) is 21.9. The third-order valence-corrected chi connectivity index (χ3v) is 6.82. The van der Waals surface area contributed by atoms with Crippen molar-refractivity contribution in [3.8, 4) is 0 Å². The lowest BCUT2D eigenvalue weighted by Crippen LogP contribution is -2.49. The third-order valence-electron chi connectivity index (χ3n) is 6.82. The molecule has 36 heavy (non-hydrogen) atoms. The number of hydrogen-bond donors (Lipinski definition) is 1. The summed E-state index contributed by atoms with van der Waals surface area (Å²) in [5.74, 6) is 0.112. The predicted molar refractivity (Wildman–Crippen MR) is 140 cm³/mol. The van der Waals surface area contributed by atoms with Crippen LogP contribution in [0.3, 0.4) is 0 Å². The number of nitrogens with one attached hydrogen (secondary N) is 1. The lowest BCUT2D eigenvalue weighted by molar-refractivity contribution is 0.0719. The van der Waals surface area contributed by atoms with E-state index in [4.69, 9.17) is 0 Å². The summed E-state index contributed by atoms with van der Waals surface area (Å²) >= 11 is 0. The van der Waals surface area contributed by atoms with Gasteiger partial charge in [0.25, 0.3) is 11.8 Å². The van der Waals surface area contributed by atoms with Gasteiger partial charge >= 0.3 is 0 Å². The fraction of sp³-hybridized carbons (Fsp3) is 0.310. The van der Waals surface area contributed by atoms with Crippen LogP contribution in [-0.2, 0) is 0 Å². The van der Waals surface area contributed by atoms with Crippen LogP contribution in [0.5, 0.6) is 0 Å². The maximum Gasteiger partial charge on any atom is 0.256 e. The zero-order valence-electron chi connectivity index (χ0n) is 20.7. The molecule has 1 saturated heterocycles. The van der Waals surface area contributed by atoms with Crippen LogP contribution < -0.4 is 10.2 Å². The second-order valence-electron chi connectivity index (χ2n) is 9.79. The molecule has 2 amide bonds. The Kier molecular flexibility index (Phi) is 6.63. The molecule has 2 heterocycles. The number of carbonyl (C=O) groups is 2. The van der Waals surface area contributed by atoms with E-state index in [1.54, 1.807) is 12.1 Å². The molecule has 2 aliphatic heterocycles. The van der Waals surface area contributed by atoms with E-state index in [0.29, 0.717) is 49.9 Å². The molecule has 0 aliphatic carbocycles. The summed E-state index contributed by atoms with van der Waals surface area (Å²) in [6.45, 7) is 7.12. The van der Waals surface area contributed by atoms with Gasteiger partial charge < -0.3 is 20.0 Å². The van der Waals surface area contributed by atoms with Crippen molar-refractivity contribution < 1.29 is 14.0 Å². The number of piperazine rings is 1. The monoisotopic (exact) mass is 486 g/mol. The summed E-state index contributed by atoms with van der Waals surface area (Å²) < 4.78 is 14.1. The number of benzene rings is 3. The SMILES string of the molecule is CC(C)CN1C(=O)c2ccccc2C1Nc1ccc(C(=O)N2CCN(c3ccccc3F)CC2)cc1. The van der Waals surface area contributed by atoms with Crippen molar-refractivity contribution in [1.29, 1.82) is 0 Å². The zero-order chi connectivity index (χ0) is 25.2. The molecule has 0 bridgehead atoms. The van der Waals surface area contributed by atoms with Crippen LogP contribution in [0.25, 0.3) is 0 Å². The van der Waals surface area contributed by atoms with Crippen LogP contribution >= 0.6 is 0 Å². The Labute approximate surface area is 211 Å². The van der Waals surface area contributed by atoms with Crippen molar-refractivity contribution in [3.05, 3.63) is 95.3 Å². The largest absolute Gasteiger partial charge is 0.366 e. The number of hydrogen-bond acceptors (Lipinski definition) is 4. The maximum atomic E-state index is 14.1. The molecule has 6 nitrogen and oxygen atoms in total. The number of carbonyl (C=O) groups excluding carboxylic acids is 2. The Balaban J connectivity index is 1.25. The van der Waals surface area contributed by atoms with Crippen LogP contribution in [-0.4, -0.2) is 54.3 Å². The minimum Gasteiger partial charge on any atom is -0.366 e.